The van der Waals surface area contributed by atoms with Crippen molar-refractivity contribution in [2.45, 2.75) is 63.8 Å². The van der Waals surface area contributed by atoms with Gasteiger partial charge in [0.25, 0.3) is 0 Å². The normalized spacial score (nSPS) is 19.1. The number of piperidine rings is 2. The molecule has 2 aliphatic heterocycles. The Kier molecular flexibility index (Phi) is 12.2. The zero-order valence-corrected chi connectivity index (χ0v) is 22.3. The van der Waals surface area contributed by atoms with Gasteiger partial charge in [0.15, 0.2) is 0 Å². The lowest BCUT2D eigenvalue weighted by molar-refractivity contribution is 0.237. The zero-order chi connectivity index (χ0) is 24.0. The van der Waals surface area contributed by atoms with E-state index in [2.05, 4.69) is 77.5 Å². The summed E-state index contributed by atoms with van der Waals surface area (Å²) in [5, 5.41) is 8.20. The van der Waals surface area contributed by atoms with Gasteiger partial charge < -0.3 is 20.4 Å². The van der Waals surface area contributed by atoms with Crippen LogP contribution >= 0.6 is 11.3 Å². The Morgan fingerprint density at radius 3 is 1.97 bits per heavy atom. The molecule has 2 aromatic rings. The second kappa shape index (κ2) is 15.4. The van der Waals surface area contributed by atoms with Gasteiger partial charge in [-0.1, -0.05) is 69.0 Å². The summed E-state index contributed by atoms with van der Waals surface area (Å²) in [5.74, 6) is 0. The summed E-state index contributed by atoms with van der Waals surface area (Å²) >= 11 is 1.77. The Bertz CT molecular complexity index is 797. The number of rotatable bonds is 6. The summed E-state index contributed by atoms with van der Waals surface area (Å²) < 4.78 is 0. The van der Waals surface area contributed by atoms with Crippen LogP contribution in [0, 0.1) is 0 Å². The van der Waals surface area contributed by atoms with E-state index in [4.69, 9.17) is 0 Å². The number of benzene rings is 1. The van der Waals surface area contributed by atoms with Crippen LogP contribution in [-0.2, 0) is 0 Å². The number of anilines is 1. The van der Waals surface area contributed by atoms with Crippen molar-refractivity contribution in [2.24, 2.45) is 0 Å². The van der Waals surface area contributed by atoms with E-state index < -0.39 is 0 Å². The topological polar surface area (TPSA) is 30.5 Å². The van der Waals surface area contributed by atoms with E-state index in [0.717, 1.165) is 17.2 Å². The van der Waals surface area contributed by atoms with Crippen LogP contribution in [0.2, 0.25) is 0 Å². The highest BCUT2D eigenvalue weighted by Crippen LogP contribution is 2.31. The summed E-state index contributed by atoms with van der Waals surface area (Å²) in [6.07, 6.45) is 12.7. The van der Waals surface area contributed by atoms with E-state index in [-0.39, 0.29) is 0 Å². The summed E-state index contributed by atoms with van der Waals surface area (Å²) in [5.41, 5.74) is 2.30. The molecule has 1 aliphatic carbocycles. The molecule has 0 amide bonds. The van der Waals surface area contributed by atoms with Gasteiger partial charge in [-0.2, -0.15) is 0 Å². The maximum Gasteiger partial charge on any atom is 0.0930 e. The van der Waals surface area contributed by atoms with Crippen molar-refractivity contribution in [1.82, 2.24) is 15.1 Å². The average molecular weight is 483 g/mol. The molecule has 0 spiro atoms. The lowest BCUT2D eigenvalue weighted by atomic mass is 10.0. The molecular weight excluding hydrogens is 436 g/mol. The third-order valence-corrected chi connectivity index (χ3v) is 7.92. The predicted octanol–water partition coefficient (Wildman–Crippen LogP) is 6.69. The molecule has 5 rings (SSSR count). The van der Waals surface area contributed by atoms with E-state index in [1.165, 1.54) is 94.4 Å². The summed E-state index contributed by atoms with van der Waals surface area (Å²) in [6, 6.07) is 15.4. The number of nitrogens with one attached hydrogen (secondary N) is 2. The van der Waals surface area contributed by atoms with Gasteiger partial charge in [0.1, 0.15) is 0 Å². The molecule has 1 aromatic carbocycles. The Morgan fingerprint density at radius 1 is 0.824 bits per heavy atom. The Labute approximate surface area is 212 Å². The SMILES string of the molecule is C1CCC1.C=C(CNC1CCN(C)CC1)Nc1ccc(-c2ccccc2)s1.CN1CCCCC1. The van der Waals surface area contributed by atoms with Crippen molar-refractivity contribution in [3.63, 3.8) is 0 Å². The molecule has 3 aliphatic rings. The van der Waals surface area contributed by atoms with Gasteiger partial charge in [-0.15, -0.1) is 11.3 Å². The largest absolute Gasteiger partial charge is 0.350 e. The maximum absolute atomic E-state index is 4.15. The van der Waals surface area contributed by atoms with Gasteiger partial charge in [-0.05, 0) is 83.7 Å². The molecule has 188 valence electrons. The van der Waals surface area contributed by atoms with Gasteiger partial charge in [-0.25, -0.2) is 0 Å². The van der Waals surface area contributed by atoms with Crippen LogP contribution in [0.25, 0.3) is 10.4 Å². The van der Waals surface area contributed by atoms with E-state index in [1.807, 2.05) is 6.07 Å². The molecule has 1 aromatic heterocycles. The van der Waals surface area contributed by atoms with Gasteiger partial charge in [0.2, 0.25) is 0 Å². The number of hydrogen-bond donors (Lipinski definition) is 2. The Hall–Kier alpha value is -1.66. The minimum Gasteiger partial charge on any atom is -0.350 e. The first kappa shape index (κ1) is 26.9. The fraction of sp³-hybridized carbons (Fsp3) is 0.586. The van der Waals surface area contributed by atoms with Gasteiger partial charge >= 0.3 is 0 Å². The smallest absolute Gasteiger partial charge is 0.0930 e. The molecule has 1 saturated carbocycles. The number of hydrogen-bond acceptors (Lipinski definition) is 5. The number of likely N-dealkylation sites (tertiary alicyclic amines) is 2. The van der Waals surface area contributed by atoms with E-state index in [1.54, 1.807) is 11.3 Å². The van der Waals surface area contributed by atoms with Crippen molar-refractivity contribution < 1.29 is 0 Å². The third kappa shape index (κ3) is 10.3. The van der Waals surface area contributed by atoms with Crippen LogP contribution in [0.15, 0.2) is 54.7 Å². The Balaban J connectivity index is 0.000000240. The number of thiophene rings is 1. The third-order valence-electron chi connectivity index (χ3n) is 6.87. The minimum absolute atomic E-state index is 0.618. The minimum atomic E-state index is 0.618. The van der Waals surface area contributed by atoms with Crippen LogP contribution < -0.4 is 10.6 Å². The van der Waals surface area contributed by atoms with E-state index >= 15 is 0 Å². The molecule has 2 saturated heterocycles. The lowest BCUT2D eigenvalue weighted by Crippen LogP contribution is -2.41. The molecule has 2 N–H and O–H groups in total. The number of nitrogens with zero attached hydrogens (tertiary/aromatic N) is 2. The zero-order valence-electron chi connectivity index (χ0n) is 21.5. The van der Waals surface area contributed by atoms with Crippen molar-refractivity contribution in [2.75, 3.05) is 52.1 Å². The monoisotopic (exact) mass is 482 g/mol. The maximum atomic E-state index is 4.15. The Morgan fingerprint density at radius 2 is 1.41 bits per heavy atom. The van der Waals surface area contributed by atoms with Gasteiger partial charge in [0, 0.05) is 23.2 Å². The molecule has 34 heavy (non-hydrogen) atoms. The second-order valence-electron chi connectivity index (χ2n) is 10.00. The first-order chi connectivity index (χ1) is 16.6. The average Bonchev–Trinajstić information content (AvgIpc) is 3.28. The highest BCUT2D eigenvalue weighted by Gasteiger charge is 2.16. The molecule has 4 nitrogen and oxygen atoms in total. The lowest BCUT2D eigenvalue weighted by Gasteiger charge is -2.29. The van der Waals surface area contributed by atoms with E-state index in [9.17, 15) is 0 Å². The van der Waals surface area contributed by atoms with Crippen molar-refractivity contribution in [3.8, 4) is 10.4 Å². The van der Waals surface area contributed by atoms with Crippen molar-refractivity contribution >= 4 is 16.3 Å². The fourth-order valence-electron chi connectivity index (χ4n) is 4.16. The second-order valence-corrected chi connectivity index (χ2v) is 11.1. The molecule has 3 heterocycles. The predicted molar refractivity (Wildman–Crippen MR) is 151 cm³/mol. The van der Waals surface area contributed by atoms with Crippen LogP contribution in [0.1, 0.15) is 57.8 Å². The molecule has 0 bridgehead atoms. The molecular formula is C29H46N4S. The van der Waals surface area contributed by atoms with Gasteiger partial charge in [0.05, 0.1) is 5.00 Å². The van der Waals surface area contributed by atoms with Crippen LogP contribution in [0.4, 0.5) is 5.00 Å². The highest BCUT2D eigenvalue weighted by atomic mass is 32.1. The van der Waals surface area contributed by atoms with E-state index in [0.29, 0.717) is 6.04 Å². The quantitative estimate of drug-likeness (QED) is 0.480. The molecule has 0 radical (unpaired) electrons. The standard InChI is InChI=1S/C19H25N3S.C6H13N.C4H8/c1-15(14-20-17-10-12-22(2)13-11-17)21-19-9-8-18(23-19)16-6-4-3-5-7-16;1-7-5-3-2-4-6-7;1-2-4-3-1/h3-9,17,20-21H,1,10-14H2,2H3;2-6H2,1H3;1-4H2. The molecule has 0 unspecified atom stereocenters. The molecule has 5 heteroatoms. The molecule has 3 fully saturated rings. The first-order valence-electron chi connectivity index (χ1n) is 13.3. The summed E-state index contributed by atoms with van der Waals surface area (Å²) in [4.78, 5) is 6.06. The fourth-order valence-corrected chi connectivity index (χ4v) is 5.12. The van der Waals surface area contributed by atoms with Crippen LogP contribution in [0.3, 0.4) is 0 Å². The van der Waals surface area contributed by atoms with Crippen LogP contribution in [0.5, 0.6) is 0 Å². The van der Waals surface area contributed by atoms with Crippen LogP contribution in [-0.4, -0.2) is 62.7 Å². The van der Waals surface area contributed by atoms with Crippen molar-refractivity contribution in [1.29, 1.82) is 0 Å². The molecule has 0 atom stereocenters. The first-order valence-corrected chi connectivity index (χ1v) is 14.1. The summed E-state index contributed by atoms with van der Waals surface area (Å²) in [7, 11) is 4.39. The van der Waals surface area contributed by atoms with Crippen molar-refractivity contribution in [3.05, 3.63) is 54.7 Å². The summed E-state index contributed by atoms with van der Waals surface area (Å²) in [6.45, 7) is 9.99. The van der Waals surface area contributed by atoms with Gasteiger partial charge in [-0.3, -0.25) is 0 Å². The highest BCUT2D eigenvalue weighted by molar-refractivity contribution is 7.19.